The van der Waals surface area contributed by atoms with Crippen LogP contribution in [0.4, 0.5) is 0 Å². The van der Waals surface area contributed by atoms with Gasteiger partial charge < -0.3 is 14.7 Å². The fourth-order valence-corrected chi connectivity index (χ4v) is 4.57. The Morgan fingerprint density at radius 1 is 1.30 bits per heavy atom. The van der Waals surface area contributed by atoms with Crippen molar-refractivity contribution in [2.75, 3.05) is 13.1 Å². The molecule has 3 aliphatic heterocycles. The maximum atomic E-state index is 10.5. The molecule has 0 radical (unpaired) electrons. The summed E-state index contributed by atoms with van der Waals surface area (Å²) < 4.78 is 7.39. The van der Waals surface area contributed by atoms with Crippen molar-refractivity contribution in [1.82, 2.24) is 4.90 Å². The summed E-state index contributed by atoms with van der Waals surface area (Å²) in [7, 11) is 0. The molecule has 1 aromatic rings. The van der Waals surface area contributed by atoms with Crippen LogP contribution in [0.3, 0.4) is 0 Å². The van der Waals surface area contributed by atoms with Gasteiger partial charge >= 0.3 is 0 Å². The molecule has 3 atom stereocenters. The Kier molecular flexibility index (Phi) is 3.09. The van der Waals surface area contributed by atoms with Gasteiger partial charge in [0, 0.05) is 35.5 Å². The summed E-state index contributed by atoms with van der Waals surface area (Å²) in [5.41, 5.74) is 0.782. The smallest absolute Gasteiger partial charge is 0.126 e. The number of hydrogen-bond donors (Lipinski definition) is 1. The Morgan fingerprint density at radius 2 is 2.20 bits per heavy atom. The highest BCUT2D eigenvalue weighted by molar-refractivity contribution is 9.10. The summed E-state index contributed by atoms with van der Waals surface area (Å²) in [5, 5.41) is 10.5. The highest BCUT2D eigenvalue weighted by Crippen LogP contribution is 2.47. The summed E-state index contributed by atoms with van der Waals surface area (Å²) in [6.45, 7) is 2.36. The van der Waals surface area contributed by atoms with Gasteiger partial charge in [0.2, 0.25) is 0 Å². The molecular weight excluding hydrogens is 318 g/mol. The van der Waals surface area contributed by atoms with Gasteiger partial charge in [0.25, 0.3) is 0 Å². The van der Waals surface area contributed by atoms with Crippen molar-refractivity contribution in [3.8, 4) is 5.75 Å². The van der Waals surface area contributed by atoms with Gasteiger partial charge in [-0.3, -0.25) is 0 Å². The minimum absolute atomic E-state index is 0.147. The minimum Gasteiger partial charge on any atom is -0.487 e. The van der Waals surface area contributed by atoms with E-state index in [1.165, 1.54) is 19.4 Å². The zero-order chi connectivity index (χ0) is 13.7. The number of nitrogens with zero attached hydrogens (tertiary/aromatic N) is 1. The Hall–Kier alpha value is -0.580. The molecule has 108 valence electrons. The summed E-state index contributed by atoms with van der Waals surface area (Å²) in [4.78, 5) is 2.60. The van der Waals surface area contributed by atoms with E-state index >= 15 is 0 Å². The standard InChI is InChI=1S/C16H20BrNO2/c17-11-3-4-15-13(8-11)14(19)10-16(20-15)5-7-18-6-1-2-12(18)9-16/h3-4,8,12,14,19H,1-2,5-7,9-10H2/t12?,14-,16?/m1/s1. The number of rotatable bonds is 0. The number of piperidine rings is 1. The molecule has 0 amide bonds. The predicted octanol–water partition coefficient (Wildman–Crippen LogP) is 3.26. The molecule has 2 fully saturated rings. The van der Waals surface area contributed by atoms with Crippen LogP contribution in [0.5, 0.6) is 5.75 Å². The third-order valence-corrected chi connectivity index (χ3v) is 5.68. The van der Waals surface area contributed by atoms with E-state index < -0.39 is 6.10 Å². The van der Waals surface area contributed by atoms with Crippen molar-refractivity contribution in [2.45, 2.75) is 49.9 Å². The van der Waals surface area contributed by atoms with Crippen molar-refractivity contribution in [3.05, 3.63) is 28.2 Å². The lowest BCUT2D eigenvalue weighted by Crippen LogP contribution is -2.52. The molecule has 20 heavy (non-hydrogen) atoms. The van der Waals surface area contributed by atoms with Crippen LogP contribution in [-0.2, 0) is 0 Å². The van der Waals surface area contributed by atoms with Gasteiger partial charge in [0.15, 0.2) is 0 Å². The first-order chi connectivity index (χ1) is 9.65. The fourth-order valence-electron chi connectivity index (χ4n) is 4.19. The second-order valence-corrected chi connectivity index (χ2v) is 7.39. The molecule has 0 aromatic heterocycles. The first kappa shape index (κ1) is 13.1. The lowest BCUT2D eigenvalue weighted by molar-refractivity contribution is -0.0646. The molecular formula is C16H20BrNO2. The van der Waals surface area contributed by atoms with E-state index in [9.17, 15) is 5.11 Å². The molecule has 2 saturated heterocycles. The quantitative estimate of drug-likeness (QED) is 0.788. The van der Waals surface area contributed by atoms with Crippen molar-refractivity contribution < 1.29 is 9.84 Å². The van der Waals surface area contributed by atoms with Gasteiger partial charge in [-0.2, -0.15) is 0 Å². The largest absolute Gasteiger partial charge is 0.487 e. The third-order valence-electron chi connectivity index (χ3n) is 5.18. The number of aliphatic hydroxyl groups excluding tert-OH is 1. The van der Waals surface area contributed by atoms with Crippen molar-refractivity contribution in [1.29, 1.82) is 0 Å². The average Bonchev–Trinajstić information content (AvgIpc) is 2.87. The van der Waals surface area contributed by atoms with Gasteiger partial charge in [-0.25, -0.2) is 0 Å². The van der Waals surface area contributed by atoms with Crippen LogP contribution in [0.1, 0.15) is 43.8 Å². The average molecular weight is 338 g/mol. The number of fused-ring (bicyclic) bond motifs is 2. The van der Waals surface area contributed by atoms with E-state index in [4.69, 9.17) is 4.74 Å². The Balaban J connectivity index is 1.63. The zero-order valence-electron chi connectivity index (χ0n) is 11.5. The monoisotopic (exact) mass is 337 g/mol. The van der Waals surface area contributed by atoms with Gasteiger partial charge in [0.1, 0.15) is 11.4 Å². The summed E-state index contributed by atoms with van der Waals surface area (Å²) in [6.07, 6.45) is 5.04. The van der Waals surface area contributed by atoms with Gasteiger partial charge in [-0.1, -0.05) is 15.9 Å². The number of halogens is 1. The molecule has 3 aliphatic rings. The van der Waals surface area contributed by atoms with Gasteiger partial charge in [-0.05, 0) is 44.0 Å². The Labute approximate surface area is 128 Å². The second kappa shape index (κ2) is 4.72. The third kappa shape index (κ3) is 2.09. The SMILES string of the molecule is O[C@@H]1CC2(CCN3CCCC3C2)Oc2ccc(Br)cc21. The number of ether oxygens (including phenoxy) is 1. The van der Waals surface area contributed by atoms with Crippen molar-refractivity contribution >= 4 is 15.9 Å². The maximum Gasteiger partial charge on any atom is 0.126 e. The molecule has 3 nitrogen and oxygen atoms in total. The lowest BCUT2D eigenvalue weighted by atomic mass is 9.79. The normalized spacial score (nSPS) is 36.5. The van der Waals surface area contributed by atoms with E-state index in [1.807, 2.05) is 18.2 Å². The van der Waals surface area contributed by atoms with Crippen LogP contribution in [0, 0.1) is 0 Å². The van der Waals surface area contributed by atoms with E-state index in [2.05, 4.69) is 20.8 Å². The molecule has 0 bridgehead atoms. The van der Waals surface area contributed by atoms with Crippen molar-refractivity contribution in [3.63, 3.8) is 0 Å². The lowest BCUT2D eigenvalue weighted by Gasteiger charge is -2.47. The molecule has 0 saturated carbocycles. The summed E-state index contributed by atoms with van der Waals surface area (Å²) in [5.74, 6) is 0.874. The molecule has 3 heterocycles. The fraction of sp³-hybridized carbons (Fsp3) is 0.625. The maximum absolute atomic E-state index is 10.5. The zero-order valence-corrected chi connectivity index (χ0v) is 13.1. The molecule has 1 aromatic carbocycles. The van der Waals surface area contributed by atoms with Crippen LogP contribution < -0.4 is 4.74 Å². The van der Waals surface area contributed by atoms with Gasteiger partial charge in [-0.15, -0.1) is 0 Å². The highest BCUT2D eigenvalue weighted by atomic mass is 79.9. The summed E-state index contributed by atoms with van der Waals surface area (Å²) in [6, 6.07) is 6.63. The molecule has 1 spiro atoms. The van der Waals surface area contributed by atoms with E-state index in [0.29, 0.717) is 6.04 Å². The van der Waals surface area contributed by atoms with E-state index in [0.717, 1.165) is 41.6 Å². The van der Waals surface area contributed by atoms with E-state index in [-0.39, 0.29) is 5.60 Å². The molecule has 1 N–H and O–H groups in total. The molecule has 0 aliphatic carbocycles. The van der Waals surface area contributed by atoms with Crippen LogP contribution >= 0.6 is 15.9 Å². The van der Waals surface area contributed by atoms with E-state index in [1.54, 1.807) is 0 Å². The van der Waals surface area contributed by atoms with Crippen LogP contribution in [0.25, 0.3) is 0 Å². The Bertz CT molecular complexity index is 535. The number of benzene rings is 1. The second-order valence-electron chi connectivity index (χ2n) is 6.47. The molecule has 4 rings (SSSR count). The Morgan fingerprint density at radius 3 is 3.10 bits per heavy atom. The number of hydrogen-bond acceptors (Lipinski definition) is 3. The first-order valence-electron chi connectivity index (χ1n) is 7.56. The first-order valence-corrected chi connectivity index (χ1v) is 8.35. The summed E-state index contributed by atoms with van der Waals surface area (Å²) >= 11 is 3.47. The predicted molar refractivity (Wildman–Crippen MR) is 80.9 cm³/mol. The minimum atomic E-state index is -0.399. The topological polar surface area (TPSA) is 32.7 Å². The van der Waals surface area contributed by atoms with Crippen LogP contribution in [0.2, 0.25) is 0 Å². The molecule has 4 heteroatoms. The number of aliphatic hydroxyl groups is 1. The highest BCUT2D eigenvalue weighted by Gasteiger charge is 2.47. The van der Waals surface area contributed by atoms with Crippen molar-refractivity contribution in [2.24, 2.45) is 0 Å². The van der Waals surface area contributed by atoms with Crippen LogP contribution in [0.15, 0.2) is 22.7 Å². The van der Waals surface area contributed by atoms with Gasteiger partial charge in [0.05, 0.1) is 6.10 Å². The molecule has 2 unspecified atom stereocenters. The van der Waals surface area contributed by atoms with Crippen LogP contribution in [-0.4, -0.2) is 34.7 Å².